The van der Waals surface area contributed by atoms with Crippen LogP contribution in [0.2, 0.25) is 0 Å². The van der Waals surface area contributed by atoms with Gasteiger partial charge in [-0.25, -0.2) is 8.42 Å². The molecule has 0 saturated carbocycles. The van der Waals surface area contributed by atoms with E-state index < -0.39 is 30.9 Å². The Morgan fingerprint density at radius 3 is 2.48 bits per heavy atom. The average Bonchev–Trinajstić information content (AvgIpc) is 3.14. The molecule has 0 aliphatic carbocycles. The smallest absolute Gasteiger partial charge is 0.379 e. The molecule has 0 amide bonds. The van der Waals surface area contributed by atoms with Crippen LogP contribution < -0.4 is 5.32 Å². The monoisotopic (exact) mass is 430 g/mol. The lowest BCUT2D eigenvalue weighted by atomic mass is 9.95. The van der Waals surface area contributed by atoms with Crippen LogP contribution in [0.4, 0.5) is 24.5 Å². The number of nitro benzene ring substituents is 1. The molecule has 29 heavy (non-hydrogen) atoms. The molecule has 2 unspecified atom stereocenters. The molecule has 0 radical (unpaired) electrons. The second-order valence-corrected chi connectivity index (χ2v) is 8.46. The standard InChI is InChI=1S/C18H17F3N2O5S/c19-18(20,21)29(26,27)14-6-7-15(16(10-14)23(24)25)22-11-13-8-9-28-17(13)12-4-2-1-3-5-12/h1-7,10,13,17,22H,8-9,11H2. The highest BCUT2D eigenvalue weighted by atomic mass is 32.2. The Morgan fingerprint density at radius 2 is 1.86 bits per heavy atom. The zero-order chi connectivity index (χ0) is 21.2. The zero-order valence-corrected chi connectivity index (χ0v) is 15.7. The van der Waals surface area contributed by atoms with Crippen molar-refractivity contribution in [2.75, 3.05) is 18.5 Å². The van der Waals surface area contributed by atoms with E-state index in [2.05, 4.69) is 5.32 Å². The van der Waals surface area contributed by atoms with E-state index >= 15 is 0 Å². The summed E-state index contributed by atoms with van der Waals surface area (Å²) in [6.07, 6.45) is 0.480. The van der Waals surface area contributed by atoms with Crippen molar-refractivity contribution < 1.29 is 31.2 Å². The van der Waals surface area contributed by atoms with Crippen LogP contribution in [-0.2, 0) is 14.6 Å². The molecule has 0 aromatic heterocycles. The van der Waals surface area contributed by atoms with Crippen molar-refractivity contribution in [2.24, 2.45) is 5.92 Å². The number of rotatable bonds is 6. The van der Waals surface area contributed by atoms with Gasteiger partial charge < -0.3 is 10.1 Å². The maximum absolute atomic E-state index is 12.7. The van der Waals surface area contributed by atoms with Gasteiger partial charge in [-0.1, -0.05) is 30.3 Å². The number of sulfone groups is 1. The summed E-state index contributed by atoms with van der Waals surface area (Å²) in [4.78, 5) is 9.21. The molecule has 156 valence electrons. The molecule has 0 spiro atoms. The number of nitrogens with one attached hydrogen (secondary N) is 1. The van der Waals surface area contributed by atoms with Gasteiger partial charge in [0.15, 0.2) is 0 Å². The Bertz CT molecular complexity index is 996. The largest absolute Gasteiger partial charge is 0.501 e. The number of nitro groups is 1. The highest BCUT2D eigenvalue weighted by molar-refractivity contribution is 7.92. The Kier molecular flexibility index (Phi) is 5.80. The van der Waals surface area contributed by atoms with Crippen molar-refractivity contribution in [1.82, 2.24) is 0 Å². The summed E-state index contributed by atoms with van der Waals surface area (Å²) in [5.41, 5.74) is -5.39. The normalized spacial score (nSPS) is 19.8. The Labute approximate surface area is 164 Å². The fraction of sp³-hybridized carbons (Fsp3) is 0.333. The number of hydrogen-bond donors (Lipinski definition) is 1. The van der Waals surface area contributed by atoms with E-state index in [0.29, 0.717) is 25.2 Å². The van der Waals surface area contributed by atoms with Crippen LogP contribution in [-0.4, -0.2) is 32.0 Å². The SMILES string of the molecule is O=[N+]([O-])c1cc(S(=O)(=O)C(F)(F)F)ccc1NCC1CCOC1c1ccccc1. The van der Waals surface area contributed by atoms with Gasteiger partial charge in [0.2, 0.25) is 0 Å². The third-order valence-corrected chi connectivity index (χ3v) is 6.16. The number of anilines is 1. The van der Waals surface area contributed by atoms with Crippen LogP contribution in [0.1, 0.15) is 18.1 Å². The molecule has 1 fully saturated rings. The maximum Gasteiger partial charge on any atom is 0.501 e. The van der Waals surface area contributed by atoms with Crippen molar-refractivity contribution in [1.29, 1.82) is 0 Å². The molecule has 1 aliphatic heterocycles. The van der Waals surface area contributed by atoms with Crippen molar-refractivity contribution in [2.45, 2.75) is 22.9 Å². The van der Waals surface area contributed by atoms with Crippen LogP contribution >= 0.6 is 0 Å². The second-order valence-electron chi connectivity index (χ2n) is 6.52. The van der Waals surface area contributed by atoms with E-state index in [4.69, 9.17) is 4.74 Å². The first-order chi connectivity index (χ1) is 13.6. The van der Waals surface area contributed by atoms with Crippen LogP contribution in [0.5, 0.6) is 0 Å². The first-order valence-electron chi connectivity index (χ1n) is 8.61. The molecule has 7 nitrogen and oxygen atoms in total. The Morgan fingerprint density at radius 1 is 1.17 bits per heavy atom. The Hall–Kier alpha value is -2.66. The molecule has 1 aliphatic rings. The van der Waals surface area contributed by atoms with Gasteiger partial charge in [0.1, 0.15) is 5.69 Å². The third kappa shape index (κ3) is 4.35. The van der Waals surface area contributed by atoms with Crippen LogP contribution in [0.25, 0.3) is 0 Å². The molecule has 1 saturated heterocycles. The summed E-state index contributed by atoms with van der Waals surface area (Å²) in [6.45, 7) is 0.780. The Balaban J connectivity index is 1.82. The van der Waals surface area contributed by atoms with E-state index in [1.807, 2.05) is 30.3 Å². The van der Waals surface area contributed by atoms with E-state index in [0.717, 1.165) is 11.6 Å². The lowest BCUT2D eigenvalue weighted by Crippen LogP contribution is -2.23. The maximum atomic E-state index is 12.7. The average molecular weight is 430 g/mol. The fourth-order valence-electron chi connectivity index (χ4n) is 3.21. The lowest BCUT2D eigenvalue weighted by Gasteiger charge is -2.20. The van der Waals surface area contributed by atoms with Gasteiger partial charge in [0.25, 0.3) is 15.5 Å². The molecule has 1 heterocycles. The van der Waals surface area contributed by atoms with Crippen molar-refractivity contribution in [3.8, 4) is 0 Å². The predicted octanol–water partition coefficient (Wildman–Crippen LogP) is 4.08. The molecule has 2 atom stereocenters. The molecule has 1 N–H and O–H groups in total. The van der Waals surface area contributed by atoms with Gasteiger partial charge in [-0.05, 0) is 24.1 Å². The molecule has 2 aromatic rings. The van der Waals surface area contributed by atoms with Gasteiger partial charge in [0, 0.05) is 25.1 Å². The van der Waals surface area contributed by atoms with Crippen molar-refractivity contribution in [3.05, 3.63) is 64.2 Å². The number of alkyl halides is 3. The summed E-state index contributed by atoms with van der Waals surface area (Å²) in [5, 5.41) is 14.2. The molecule has 2 aromatic carbocycles. The van der Waals surface area contributed by atoms with Gasteiger partial charge in [0.05, 0.1) is 15.9 Å². The van der Waals surface area contributed by atoms with E-state index in [-0.39, 0.29) is 24.3 Å². The van der Waals surface area contributed by atoms with Crippen LogP contribution in [0, 0.1) is 16.0 Å². The van der Waals surface area contributed by atoms with Crippen LogP contribution in [0.15, 0.2) is 53.4 Å². The van der Waals surface area contributed by atoms with Gasteiger partial charge in [-0.15, -0.1) is 0 Å². The first kappa shape index (κ1) is 21.1. The van der Waals surface area contributed by atoms with Gasteiger partial charge in [-0.2, -0.15) is 13.2 Å². The minimum Gasteiger partial charge on any atom is -0.379 e. The van der Waals surface area contributed by atoms with Gasteiger partial charge in [-0.3, -0.25) is 10.1 Å². The topological polar surface area (TPSA) is 98.5 Å². The van der Waals surface area contributed by atoms with E-state index in [9.17, 15) is 31.7 Å². The molecular formula is C18H17F3N2O5S. The minimum absolute atomic E-state index is 0.0180. The van der Waals surface area contributed by atoms with Crippen molar-refractivity contribution >= 4 is 21.2 Å². The molecule has 0 bridgehead atoms. The summed E-state index contributed by atoms with van der Waals surface area (Å²) in [7, 11) is -5.68. The van der Waals surface area contributed by atoms with Crippen molar-refractivity contribution in [3.63, 3.8) is 0 Å². The number of halogens is 3. The number of benzene rings is 2. The van der Waals surface area contributed by atoms with Gasteiger partial charge >= 0.3 is 5.51 Å². The van der Waals surface area contributed by atoms with Crippen LogP contribution in [0.3, 0.4) is 0 Å². The number of ether oxygens (including phenoxy) is 1. The molecule has 11 heteroatoms. The van der Waals surface area contributed by atoms with E-state index in [1.165, 1.54) is 0 Å². The predicted molar refractivity (Wildman–Crippen MR) is 98.1 cm³/mol. The summed E-state index contributed by atoms with van der Waals surface area (Å²) >= 11 is 0. The fourth-order valence-corrected chi connectivity index (χ4v) is 3.99. The second kappa shape index (κ2) is 7.99. The quantitative estimate of drug-likeness (QED) is 0.548. The minimum atomic E-state index is -5.68. The third-order valence-electron chi connectivity index (χ3n) is 4.68. The number of hydrogen-bond acceptors (Lipinski definition) is 6. The highest BCUT2D eigenvalue weighted by Gasteiger charge is 2.47. The molecular weight excluding hydrogens is 413 g/mol. The molecule has 3 rings (SSSR count). The first-order valence-corrected chi connectivity index (χ1v) is 10.1. The summed E-state index contributed by atoms with van der Waals surface area (Å²) in [5.74, 6) is -0.0180. The summed E-state index contributed by atoms with van der Waals surface area (Å²) < 4.78 is 67.0. The van der Waals surface area contributed by atoms with E-state index in [1.54, 1.807) is 0 Å². The number of nitrogens with zero attached hydrogens (tertiary/aromatic N) is 1. The summed E-state index contributed by atoms with van der Waals surface area (Å²) in [6, 6.07) is 11.5. The lowest BCUT2D eigenvalue weighted by molar-refractivity contribution is -0.384. The highest BCUT2D eigenvalue weighted by Crippen LogP contribution is 2.37. The zero-order valence-electron chi connectivity index (χ0n) is 14.9.